The zero-order chi connectivity index (χ0) is 23.3. The zero-order valence-corrected chi connectivity index (χ0v) is 19.4. The van der Waals surface area contributed by atoms with Gasteiger partial charge in [-0.25, -0.2) is 4.79 Å². The Morgan fingerprint density at radius 1 is 0.912 bits per heavy atom. The van der Waals surface area contributed by atoms with Crippen LogP contribution in [0.25, 0.3) is 16.9 Å². The second-order valence-corrected chi connectivity index (χ2v) is 8.68. The summed E-state index contributed by atoms with van der Waals surface area (Å²) in [5.74, 6) is 0.870. The molecular weight excluding hydrogens is 424 g/mol. The van der Waals surface area contributed by atoms with Crippen LogP contribution in [-0.4, -0.2) is 43.3 Å². The first-order chi connectivity index (χ1) is 16.7. The fraction of sp³-hybridized carbons (Fsp3) is 0.250. The predicted octanol–water partition coefficient (Wildman–Crippen LogP) is 4.65. The van der Waals surface area contributed by atoms with Crippen LogP contribution in [0, 0.1) is 0 Å². The molecule has 6 nitrogen and oxygen atoms in total. The quantitative estimate of drug-likeness (QED) is 0.589. The van der Waals surface area contributed by atoms with Gasteiger partial charge in [-0.15, -0.1) is 0 Å². The smallest absolute Gasteiger partial charge is 0.317 e. The Morgan fingerprint density at radius 2 is 1.65 bits per heavy atom. The van der Waals surface area contributed by atoms with Crippen molar-refractivity contribution in [2.45, 2.75) is 19.7 Å². The lowest BCUT2D eigenvalue weighted by Gasteiger charge is -2.36. The lowest BCUT2D eigenvalue weighted by molar-refractivity contribution is 0.191. The van der Waals surface area contributed by atoms with Crippen LogP contribution >= 0.6 is 0 Å². The highest BCUT2D eigenvalue weighted by Crippen LogP contribution is 2.24. The Balaban J connectivity index is 1.12. The van der Waals surface area contributed by atoms with Crippen molar-refractivity contribution < 1.29 is 9.53 Å². The molecule has 0 aliphatic carbocycles. The van der Waals surface area contributed by atoms with Crippen LogP contribution in [0.5, 0.6) is 0 Å². The predicted molar refractivity (Wildman–Crippen MR) is 136 cm³/mol. The van der Waals surface area contributed by atoms with E-state index in [2.05, 4.69) is 70.1 Å². The van der Waals surface area contributed by atoms with Gasteiger partial charge in [-0.05, 0) is 53.9 Å². The highest BCUT2D eigenvalue weighted by molar-refractivity contribution is 5.75. The first kappa shape index (κ1) is 21.9. The Hall–Kier alpha value is -3.93. The number of benzene rings is 3. The molecule has 2 aliphatic heterocycles. The van der Waals surface area contributed by atoms with Gasteiger partial charge in [-0.2, -0.15) is 0 Å². The van der Waals surface area contributed by atoms with Crippen molar-refractivity contribution in [3.05, 3.63) is 96.2 Å². The van der Waals surface area contributed by atoms with E-state index in [-0.39, 0.29) is 12.3 Å². The Kier molecular flexibility index (Phi) is 6.38. The Morgan fingerprint density at radius 3 is 2.35 bits per heavy atom. The molecule has 34 heavy (non-hydrogen) atoms. The first-order valence-corrected chi connectivity index (χ1v) is 11.8. The van der Waals surface area contributed by atoms with E-state index in [1.165, 1.54) is 11.3 Å². The van der Waals surface area contributed by atoms with Gasteiger partial charge in [0, 0.05) is 50.2 Å². The molecule has 6 heteroatoms. The third kappa shape index (κ3) is 5.01. The molecule has 2 N–H and O–H groups in total. The number of nitrogens with one attached hydrogen (secondary N) is 2. The molecule has 0 saturated carbocycles. The fourth-order valence-electron chi connectivity index (χ4n) is 4.39. The summed E-state index contributed by atoms with van der Waals surface area (Å²) in [4.78, 5) is 17.0. The van der Waals surface area contributed by atoms with Crippen LogP contribution in [0.1, 0.15) is 18.1 Å². The van der Waals surface area contributed by atoms with Crippen LogP contribution in [0.2, 0.25) is 0 Å². The molecule has 2 aliphatic rings. The number of ether oxygens (including phenoxy) is 1. The zero-order valence-electron chi connectivity index (χ0n) is 19.4. The topological polar surface area (TPSA) is 56.8 Å². The molecule has 1 unspecified atom stereocenters. The van der Waals surface area contributed by atoms with Gasteiger partial charge in [0.15, 0.2) is 6.23 Å². The third-order valence-electron chi connectivity index (χ3n) is 6.31. The molecule has 2 heterocycles. The normalized spacial score (nSPS) is 17.6. The second kappa shape index (κ2) is 9.91. The molecule has 2 amide bonds. The van der Waals surface area contributed by atoms with Gasteiger partial charge in [0.05, 0.1) is 0 Å². The lowest BCUT2D eigenvalue weighted by Crippen LogP contribution is -2.51. The van der Waals surface area contributed by atoms with Crippen molar-refractivity contribution in [1.29, 1.82) is 0 Å². The van der Waals surface area contributed by atoms with E-state index in [1.807, 2.05) is 42.3 Å². The van der Waals surface area contributed by atoms with Gasteiger partial charge in [0.1, 0.15) is 5.76 Å². The number of anilines is 1. The largest absolute Gasteiger partial charge is 0.469 e. The van der Waals surface area contributed by atoms with Crippen LogP contribution in [-0.2, 0) is 11.3 Å². The molecule has 0 radical (unpaired) electrons. The summed E-state index contributed by atoms with van der Waals surface area (Å²) in [5, 5.41) is 6.24. The fourth-order valence-corrected chi connectivity index (χ4v) is 4.39. The number of rotatable bonds is 5. The van der Waals surface area contributed by atoms with Crippen LogP contribution < -0.4 is 15.5 Å². The standard InChI is InChI=1S/C28H30N4O2/c1-21-29-20-27(34-21)24-10-12-26(13-11-24)31-14-16-32(17-15-31)28(33)30-19-22-6-5-9-25(18-22)23-7-3-2-4-8-23/h2-13,18,20-21,29H,14-17,19H2,1H3,(H,30,33). The molecule has 0 aromatic heterocycles. The van der Waals surface area contributed by atoms with Gasteiger partial charge >= 0.3 is 6.03 Å². The van der Waals surface area contributed by atoms with Gasteiger partial charge in [-0.1, -0.05) is 48.5 Å². The van der Waals surface area contributed by atoms with Crippen molar-refractivity contribution in [1.82, 2.24) is 15.5 Å². The monoisotopic (exact) mass is 454 g/mol. The molecule has 3 aromatic rings. The van der Waals surface area contributed by atoms with Crippen molar-refractivity contribution in [2.75, 3.05) is 31.1 Å². The number of piperazine rings is 1. The van der Waals surface area contributed by atoms with Crippen LogP contribution in [0.15, 0.2) is 85.1 Å². The number of carbonyl (C=O) groups excluding carboxylic acids is 1. The van der Waals surface area contributed by atoms with E-state index in [0.717, 1.165) is 35.5 Å². The van der Waals surface area contributed by atoms with E-state index < -0.39 is 0 Å². The summed E-state index contributed by atoms with van der Waals surface area (Å²) in [7, 11) is 0. The van der Waals surface area contributed by atoms with E-state index in [1.54, 1.807) is 0 Å². The van der Waals surface area contributed by atoms with Crippen molar-refractivity contribution in [3.63, 3.8) is 0 Å². The van der Waals surface area contributed by atoms with Crippen molar-refractivity contribution in [3.8, 4) is 11.1 Å². The number of hydrogen-bond donors (Lipinski definition) is 2. The minimum atomic E-state index is -0.00736. The average Bonchev–Trinajstić information content (AvgIpc) is 3.34. The maximum absolute atomic E-state index is 12.8. The minimum Gasteiger partial charge on any atom is -0.469 e. The molecule has 174 valence electrons. The molecule has 1 saturated heterocycles. The molecule has 3 aromatic carbocycles. The van der Waals surface area contributed by atoms with Gasteiger partial charge in [-0.3, -0.25) is 0 Å². The number of amides is 2. The summed E-state index contributed by atoms with van der Waals surface area (Å²) in [6.45, 7) is 5.53. The Labute approximate surface area is 200 Å². The first-order valence-electron chi connectivity index (χ1n) is 11.8. The van der Waals surface area contributed by atoms with Gasteiger partial charge < -0.3 is 25.2 Å². The van der Waals surface area contributed by atoms with E-state index in [9.17, 15) is 4.79 Å². The number of urea groups is 1. The summed E-state index contributed by atoms with van der Waals surface area (Å²) < 4.78 is 5.74. The van der Waals surface area contributed by atoms with Gasteiger partial charge in [0.2, 0.25) is 0 Å². The third-order valence-corrected chi connectivity index (χ3v) is 6.31. The van der Waals surface area contributed by atoms with E-state index >= 15 is 0 Å². The van der Waals surface area contributed by atoms with E-state index in [4.69, 9.17) is 4.74 Å². The van der Waals surface area contributed by atoms with Crippen LogP contribution in [0.3, 0.4) is 0 Å². The maximum Gasteiger partial charge on any atom is 0.317 e. The summed E-state index contributed by atoms with van der Waals surface area (Å²) in [6.07, 6.45) is 1.93. The molecule has 1 atom stereocenters. The van der Waals surface area contributed by atoms with Crippen molar-refractivity contribution >= 4 is 17.5 Å². The summed E-state index contributed by atoms with van der Waals surface area (Å²) >= 11 is 0. The lowest BCUT2D eigenvalue weighted by atomic mass is 10.0. The van der Waals surface area contributed by atoms with Gasteiger partial charge in [0.25, 0.3) is 0 Å². The second-order valence-electron chi connectivity index (χ2n) is 8.68. The molecule has 0 spiro atoms. The summed E-state index contributed by atoms with van der Waals surface area (Å²) in [5.41, 5.74) is 5.67. The average molecular weight is 455 g/mol. The van der Waals surface area contributed by atoms with E-state index in [0.29, 0.717) is 19.6 Å². The molecular formula is C28H30N4O2. The van der Waals surface area contributed by atoms with Crippen molar-refractivity contribution in [2.24, 2.45) is 0 Å². The molecule has 1 fully saturated rings. The highest BCUT2D eigenvalue weighted by atomic mass is 16.5. The molecule has 5 rings (SSSR count). The highest BCUT2D eigenvalue weighted by Gasteiger charge is 2.21. The number of carbonyl (C=O) groups is 1. The summed E-state index contributed by atoms with van der Waals surface area (Å²) in [6, 6.07) is 27.0. The molecule has 0 bridgehead atoms. The minimum absolute atomic E-state index is 0.00736. The maximum atomic E-state index is 12.8. The number of nitrogens with zero attached hydrogens (tertiary/aromatic N) is 2. The SMILES string of the molecule is CC1NC=C(c2ccc(N3CCN(C(=O)NCc4cccc(-c5ccccc5)c4)CC3)cc2)O1. The Bertz CT molecular complexity index is 1150. The van der Waals surface area contributed by atoms with Crippen LogP contribution in [0.4, 0.5) is 10.5 Å². The number of hydrogen-bond acceptors (Lipinski definition) is 4.